The second kappa shape index (κ2) is 8.35. The zero-order chi connectivity index (χ0) is 23.9. The van der Waals surface area contributed by atoms with Crippen molar-refractivity contribution in [3.8, 4) is 5.69 Å². The van der Waals surface area contributed by atoms with Gasteiger partial charge in [0.05, 0.1) is 6.54 Å². The molecule has 5 nitrogen and oxygen atoms in total. The number of amides is 3. The average Bonchev–Trinajstić information content (AvgIpc) is 3.18. The van der Waals surface area contributed by atoms with Crippen molar-refractivity contribution in [3.05, 3.63) is 94.2 Å². The third-order valence-corrected chi connectivity index (χ3v) is 6.01. The van der Waals surface area contributed by atoms with Gasteiger partial charge in [-0.1, -0.05) is 51.1 Å². The van der Waals surface area contributed by atoms with E-state index in [1.807, 2.05) is 19.9 Å². The minimum Gasteiger partial charge on any atom is -0.318 e. The molecule has 4 rings (SSSR count). The number of imide groups is 1. The standard InChI is InChI=1S/C27H28FN3O2/c1-17-14-20(18(2)31(17)22-12-10-21(11-13-22)27(3,4)5)15-24-25(32)30(26(33)29-24)16-19-8-6-7-9-23(19)28/h6-15H,16H2,1-5H3,(H,29,33). The molecule has 0 unspecified atom stereocenters. The third kappa shape index (κ3) is 4.33. The van der Waals surface area contributed by atoms with Gasteiger partial charge < -0.3 is 9.88 Å². The highest BCUT2D eigenvalue weighted by atomic mass is 19.1. The number of urea groups is 1. The lowest BCUT2D eigenvalue weighted by Crippen LogP contribution is -2.30. The summed E-state index contributed by atoms with van der Waals surface area (Å²) >= 11 is 0. The van der Waals surface area contributed by atoms with Gasteiger partial charge >= 0.3 is 6.03 Å². The summed E-state index contributed by atoms with van der Waals surface area (Å²) < 4.78 is 16.1. The van der Waals surface area contributed by atoms with Crippen molar-refractivity contribution in [2.75, 3.05) is 0 Å². The number of carbonyl (C=O) groups excluding carboxylic acids is 2. The summed E-state index contributed by atoms with van der Waals surface area (Å²) in [6.07, 6.45) is 1.68. The largest absolute Gasteiger partial charge is 0.329 e. The maximum absolute atomic E-state index is 14.0. The van der Waals surface area contributed by atoms with Crippen molar-refractivity contribution < 1.29 is 14.0 Å². The van der Waals surface area contributed by atoms with Crippen LogP contribution in [0, 0.1) is 19.7 Å². The third-order valence-electron chi connectivity index (χ3n) is 6.01. The highest BCUT2D eigenvalue weighted by molar-refractivity contribution is 6.14. The molecule has 2 aromatic carbocycles. The van der Waals surface area contributed by atoms with E-state index in [1.54, 1.807) is 24.3 Å². The first kappa shape index (κ1) is 22.5. The van der Waals surface area contributed by atoms with E-state index < -0.39 is 17.8 Å². The number of nitrogens with one attached hydrogen (secondary N) is 1. The number of benzene rings is 2. The zero-order valence-corrected chi connectivity index (χ0v) is 19.6. The van der Waals surface area contributed by atoms with E-state index in [1.165, 1.54) is 11.6 Å². The van der Waals surface area contributed by atoms with E-state index in [0.29, 0.717) is 5.56 Å². The molecule has 3 amide bonds. The summed E-state index contributed by atoms with van der Waals surface area (Å²) in [4.78, 5) is 26.3. The lowest BCUT2D eigenvalue weighted by atomic mass is 9.87. The van der Waals surface area contributed by atoms with Crippen molar-refractivity contribution in [1.29, 1.82) is 0 Å². The van der Waals surface area contributed by atoms with Crippen molar-refractivity contribution in [2.45, 2.75) is 46.6 Å². The van der Waals surface area contributed by atoms with Crippen LogP contribution in [0.1, 0.15) is 48.8 Å². The molecule has 0 spiro atoms. The number of halogens is 1. The summed E-state index contributed by atoms with van der Waals surface area (Å²) in [6.45, 7) is 10.4. The van der Waals surface area contributed by atoms with Crippen LogP contribution in [0.15, 0.2) is 60.3 Å². The predicted molar refractivity (Wildman–Crippen MR) is 127 cm³/mol. The topological polar surface area (TPSA) is 54.3 Å². The van der Waals surface area contributed by atoms with Gasteiger partial charge in [0.25, 0.3) is 5.91 Å². The van der Waals surface area contributed by atoms with Crippen molar-refractivity contribution in [1.82, 2.24) is 14.8 Å². The molecule has 0 saturated carbocycles. The maximum atomic E-state index is 14.0. The van der Waals surface area contributed by atoms with Gasteiger partial charge in [-0.05, 0) is 60.7 Å². The van der Waals surface area contributed by atoms with Crippen LogP contribution in [0.2, 0.25) is 0 Å². The fourth-order valence-corrected chi connectivity index (χ4v) is 4.11. The summed E-state index contributed by atoms with van der Waals surface area (Å²) in [5.74, 6) is -0.917. The first-order chi connectivity index (χ1) is 15.6. The number of hydrogen-bond donors (Lipinski definition) is 1. The van der Waals surface area contributed by atoms with Crippen LogP contribution in [-0.2, 0) is 16.8 Å². The number of nitrogens with zero attached hydrogens (tertiary/aromatic N) is 2. The average molecular weight is 446 g/mol. The molecule has 170 valence electrons. The van der Waals surface area contributed by atoms with Gasteiger partial charge in [0.1, 0.15) is 11.5 Å². The normalized spacial score (nSPS) is 15.5. The molecule has 0 atom stereocenters. The fraction of sp³-hybridized carbons (Fsp3) is 0.259. The van der Waals surface area contributed by atoms with Crippen LogP contribution < -0.4 is 5.32 Å². The summed E-state index contributed by atoms with van der Waals surface area (Å²) in [5, 5.41) is 2.63. The molecule has 0 radical (unpaired) electrons. The molecule has 1 saturated heterocycles. The molecule has 1 N–H and O–H groups in total. The van der Waals surface area contributed by atoms with Crippen LogP contribution >= 0.6 is 0 Å². The molecule has 0 bridgehead atoms. The molecule has 0 aliphatic carbocycles. The zero-order valence-electron chi connectivity index (χ0n) is 19.6. The van der Waals surface area contributed by atoms with E-state index in [-0.39, 0.29) is 17.7 Å². The minimum atomic E-state index is -0.555. The lowest BCUT2D eigenvalue weighted by Gasteiger charge is -2.20. The molecule has 33 heavy (non-hydrogen) atoms. The van der Waals surface area contributed by atoms with Crippen LogP contribution in [0.25, 0.3) is 11.8 Å². The molecule has 1 aromatic heterocycles. The Morgan fingerprint density at radius 1 is 1.00 bits per heavy atom. The van der Waals surface area contributed by atoms with Crippen molar-refractivity contribution in [3.63, 3.8) is 0 Å². The molecule has 3 aromatic rings. The molecular weight excluding hydrogens is 417 g/mol. The van der Waals surface area contributed by atoms with Gasteiger partial charge in [0, 0.05) is 22.6 Å². The van der Waals surface area contributed by atoms with Crippen molar-refractivity contribution >= 4 is 18.0 Å². The van der Waals surface area contributed by atoms with Crippen molar-refractivity contribution in [2.24, 2.45) is 0 Å². The highest BCUT2D eigenvalue weighted by Gasteiger charge is 2.34. The van der Waals surface area contributed by atoms with Gasteiger partial charge in [-0.3, -0.25) is 9.69 Å². The Kier molecular flexibility index (Phi) is 5.70. The predicted octanol–water partition coefficient (Wildman–Crippen LogP) is 5.62. The Labute approximate surface area is 193 Å². The number of hydrogen-bond acceptors (Lipinski definition) is 2. The Balaban J connectivity index is 1.62. The molecule has 6 heteroatoms. The molecule has 1 fully saturated rings. The number of rotatable bonds is 4. The minimum absolute atomic E-state index is 0.0739. The summed E-state index contributed by atoms with van der Waals surface area (Å²) in [5.41, 5.74) is 5.64. The van der Waals surface area contributed by atoms with Gasteiger partial charge in [-0.15, -0.1) is 0 Å². The summed E-state index contributed by atoms with van der Waals surface area (Å²) in [6, 6.07) is 16.0. The quantitative estimate of drug-likeness (QED) is 0.418. The molecule has 1 aliphatic rings. The summed E-state index contributed by atoms with van der Waals surface area (Å²) in [7, 11) is 0. The fourth-order valence-electron chi connectivity index (χ4n) is 4.11. The number of aromatic nitrogens is 1. The highest BCUT2D eigenvalue weighted by Crippen LogP contribution is 2.27. The lowest BCUT2D eigenvalue weighted by molar-refractivity contribution is -0.123. The van der Waals surface area contributed by atoms with Crippen LogP contribution in [0.3, 0.4) is 0 Å². The van der Waals surface area contributed by atoms with E-state index >= 15 is 0 Å². The monoisotopic (exact) mass is 445 g/mol. The van der Waals surface area contributed by atoms with Crippen LogP contribution in [0.4, 0.5) is 9.18 Å². The van der Waals surface area contributed by atoms with Crippen LogP contribution in [-0.4, -0.2) is 21.4 Å². The Morgan fingerprint density at radius 3 is 2.30 bits per heavy atom. The Bertz CT molecular complexity index is 1260. The molecule has 2 heterocycles. The second-order valence-electron chi connectivity index (χ2n) is 9.43. The maximum Gasteiger partial charge on any atom is 0.329 e. The van der Waals surface area contributed by atoms with Gasteiger partial charge in [0.15, 0.2) is 0 Å². The number of aryl methyl sites for hydroxylation is 1. The Hall–Kier alpha value is -3.67. The van der Waals surface area contributed by atoms with E-state index in [0.717, 1.165) is 27.5 Å². The molecule has 1 aliphatic heterocycles. The van der Waals surface area contributed by atoms with Gasteiger partial charge in [0.2, 0.25) is 0 Å². The van der Waals surface area contributed by atoms with Gasteiger partial charge in [-0.25, -0.2) is 9.18 Å². The van der Waals surface area contributed by atoms with Crippen LogP contribution in [0.5, 0.6) is 0 Å². The first-order valence-corrected chi connectivity index (χ1v) is 10.9. The van der Waals surface area contributed by atoms with E-state index in [9.17, 15) is 14.0 Å². The van der Waals surface area contributed by atoms with Gasteiger partial charge in [-0.2, -0.15) is 0 Å². The SMILES string of the molecule is Cc1cc(C=C2NC(=O)N(Cc3ccccc3F)C2=O)c(C)n1-c1ccc(C(C)(C)C)cc1. The van der Waals surface area contributed by atoms with E-state index in [2.05, 4.69) is 54.9 Å². The Morgan fingerprint density at radius 2 is 1.67 bits per heavy atom. The smallest absolute Gasteiger partial charge is 0.318 e. The number of carbonyl (C=O) groups is 2. The first-order valence-electron chi connectivity index (χ1n) is 10.9. The molecular formula is C27H28FN3O2. The second-order valence-corrected chi connectivity index (χ2v) is 9.43. The van der Waals surface area contributed by atoms with E-state index in [4.69, 9.17) is 0 Å².